The Morgan fingerprint density at radius 3 is 2.55 bits per heavy atom. The molecule has 0 bridgehead atoms. The van der Waals surface area contributed by atoms with E-state index in [0.717, 1.165) is 32.7 Å². The van der Waals surface area contributed by atoms with Crippen molar-refractivity contribution in [1.29, 1.82) is 0 Å². The highest BCUT2D eigenvalue weighted by Crippen LogP contribution is 2.34. The van der Waals surface area contributed by atoms with Gasteiger partial charge in [0.25, 0.3) is 0 Å². The Balaban J connectivity index is 2.08. The van der Waals surface area contributed by atoms with Gasteiger partial charge in [0.15, 0.2) is 0 Å². The first-order chi connectivity index (χ1) is 10.7. The number of hydrogen-bond donors (Lipinski definition) is 0. The molecule has 4 aromatic rings. The van der Waals surface area contributed by atoms with Gasteiger partial charge in [0, 0.05) is 5.39 Å². The van der Waals surface area contributed by atoms with Crippen LogP contribution >= 0.6 is 0 Å². The normalized spacial score (nSPS) is 11.3. The van der Waals surface area contributed by atoms with Gasteiger partial charge in [-0.1, -0.05) is 12.1 Å². The third-order valence-electron chi connectivity index (χ3n) is 3.85. The highest BCUT2D eigenvalue weighted by Gasteiger charge is 2.15. The van der Waals surface area contributed by atoms with Crippen LogP contribution in [0.2, 0.25) is 0 Å². The molecule has 3 aromatic carbocycles. The van der Waals surface area contributed by atoms with Gasteiger partial charge in [-0.05, 0) is 51.9 Å². The largest absolute Gasteiger partial charge is 0.497 e. The van der Waals surface area contributed by atoms with Crippen LogP contribution in [0.15, 0.2) is 52.9 Å². The van der Waals surface area contributed by atoms with E-state index in [4.69, 9.17) is 9.15 Å². The van der Waals surface area contributed by atoms with Crippen LogP contribution in [0.4, 0.5) is 5.88 Å². The van der Waals surface area contributed by atoms with Crippen molar-refractivity contribution in [3.8, 4) is 5.75 Å². The molecule has 108 valence electrons. The minimum Gasteiger partial charge on any atom is -0.497 e. The average Bonchev–Trinajstić information content (AvgIpc) is 2.97. The first-order valence-corrected chi connectivity index (χ1v) is 6.74. The minimum absolute atomic E-state index is 0.239. The summed E-state index contributed by atoms with van der Waals surface area (Å²) in [4.78, 5) is 10.4. The molecule has 0 aliphatic heterocycles. The lowest BCUT2D eigenvalue weighted by Gasteiger charge is -2.05. The number of fused-ring (bicyclic) bond motifs is 4. The Hall–Kier alpha value is -3.08. The number of ether oxygens (including phenoxy) is 1. The second-order valence-corrected chi connectivity index (χ2v) is 5.11. The molecule has 5 nitrogen and oxygen atoms in total. The van der Waals surface area contributed by atoms with Gasteiger partial charge in [0.05, 0.1) is 13.2 Å². The van der Waals surface area contributed by atoms with Crippen LogP contribution in [-0.4, -0.2) is 12.0 Å². The highest BCUT2D eigenvalue weighted by molar-refractivity contribution is 6.11. The third-order valence-corrected chi connectivity index (χ3v) is 3.85. The number of rotatable bonds is 2. The van der Waals surface area contributed by atoms with Crippen molar-refractivity contribution < 1.29 is 14.1 Å². The highest BCUT2D eigenvalue weighted by atomic mass is 16.6. The summed E-state index contributed by atoms with van der Waals surface area (Å²) in [5, 5.41) is 15.7. The van der Waals surface area contributed by atoms with Gasteiger partial charge in [-0.15, -0.1) is 0 Å². The zero-order valence-electron chi connectivity index (χ0n) is 11.7. The van der Waals surface area contributed by atoms with E-state index in [1.807, 2.05) is 36.4 Å². The molecule has 0 radical (unpaired) electrons. The van der Waals surface area contributed by atoms with Gasteiger partial charge in [-0.25, -0.2) is 0 Å². The number of methoxy groups -OCH3 is 1. The zero-order chi connectivity index (χ0) is 15.3. The Labute approximate surface area is 124 Å². The maximum absolute atomic E-state index is 10.9. The van der Waals surface area contributed by atoms with E-state index in [0.29, 0.717) is 5.58 Å². The molecule has 0 atom stereocenters. The van der Waals surface area contributed by atoms with Gasteiger partial charge in [0.2, 0.25) is 0 Å². The molecule has 1 aromatic heterocycles. The number of benzene rings is 3. The van der Waals surface area contributed by atoms with Crippen molar-refractivity contribution in [1.82, 2.24) is 0 Å². The maximum Gasteiger partial charge on any atom is 0.434 e. The number of hydrogen-bond acceptors (Lipinski definition) is 4. The van der Waals surface area contributed by atoms with Gasteiger partial charge >= 0.3 is 5.88 Å². The maximum atomic E-state index is 10.9. The molecule has 4 rings (SSSR count). The van der Waals surface area contributed by atoms with Gasteiger partial charge in [-0.3, -0.25) is 10.1 Å². The summed E-state index contributed by atoms with van der Waals surface area (Å²) in [5.74, 6) is 0.559. The Morgan fingerprint density at radius 1 is 0.955 bits per heavy atom. The van der Waals surface area contributed by atoms with Crippen LogP contribution in [-0.2, 0) is 0 Å². The van der Waals surface area contributed by atoms with Crippen molar-refractivity contribution >= 4 is 38.4 Å². The Kier molecular flexibility index (Phi) is 2.56. The summed E-state index contributed by atoms with van der Waals surface area (Å²) in [6, 6.07) is 15.1. The van der Waals surface area contributed by atoms with Crippen molar-refractivity contribution in [3.05, 3.63) is 58.6 Å². The number of nitrogens with zero attached hydrogens (tertiary/aromatic N) is 1. The summed E-state index contributed by atoms with van der Waals surface area (Å²) in [6.07, 6.45) is 0. The second-order valence-electron chi connectivity index (χ2n) is 5.11. The average molecular weight is 293 g/mol. The minimum atomic E-state index is -0.516. The van der Waals surface area contributed by atoms with E-state index < -0.39 is 4.92 Å². The van der Waals surface area contributed by atoms with Gasteiger partial charge in [-0.2, -0.15) is 0 Å². The van der Waals surface area contributed by atoms with E-state index in [-0.39, 0.29) is 5.88 Å². The predicted molar refractivity (Wildman–Crippen MR) is 84.4 cm³/mol. The first-order valence-electron chi connectivity index (χ1n) is 6.74. The van der Waals surface area contributed by atoms with Crippen molar-refractivity contribution in [2.75, 3.05) is 7.11 Å². The number of nitro groups is 1. The molecule has 22 heavy (non-hydrogen) atoms. The molecule has 0 aliphatic rings. The van der Waals surface area contributed by atoms with Crippen LogP contribution in [0, 0.1) is 10.1 Å². The van der Waals surface area contributed by atoms with Crippen molar-refractivity contribution in [2.45, 2.75) is 0 Å². The molecule has 0 amide bonds. The van der Waals surface area contributed by atoms with Crippen LogP contribution in [0.5, 0.6) is 5.75 Å². The summed E-state index contributed by atoms with van der Waals surface area (Å²) in [6.45, 7) is 0. The molecule has 0 fully saturated rings. The van der Waals surface area contributed by atoms with E-state index in [1.165, 1.54) is 6.07 Å². The van der Waals surface area contributed by atoms with Gasteiger partial charge < -0.3 is 9.15 Å². The lowest BCUT2D eigenvalue weighted by molar-refractivity contribution is -0.401. The van der Waals surface area contributed by atoms with Gasteiger partial charge in [0.1, 0.15) is 16.3 Å². The molecule has 0 aliphatic carbocycles. The van der Waals surface area contributed by atoms with Crippen molar-refractivity contribution in [2.24, 2.45) is 0 Å². The molecular formula is C17H11NO4. The predicted octanol–water partition coefficient (Wildman–Crippen LogP) is 4.66. The summed E-state index contributed by atoms with van der Waals surface area (Å²) in [7, 11) is 1.64. The molecular weight excluding hydrogens is 282 g/mol. The van der Waals surface area contributed by atoms with E-state index in [2.05, 4.69) is 0 Å². The van der Waals surface area contributed by atoms with E-state index in [9.17, 15) is 10.1 Å². The van der Waals surface area contributed by atoms with Crippen LogP contribution in [0.3, 0.4) is 0 Å². The van der Waals surface area contributed by atoms with E-state index >= 15 is 0 Å². The lowest BCUT2D eigenvalue weighted by atomic mass is 10.0. The Morgan fingerprint density at radius 2 is 1.77 bits per heavy atom. The summed E-state index contributed by atoms with van der Waals surface area (Å²) in [5.41, 5.74) is 0.520. The zero-order valence-corrected chi connectivity index (χ0v) is 11.7. The Bertz CT molecular complexity index is 1050. The fraction of sp³-hybridized carbons (Fsp3) is 0.0588. The quantitative estimate of drug-likeness (QED) is 0.306. The topological polar surface area (TPSA) is 65.5 Å². The molecule has 0 N–H and O–H groups in total. The first kappa shape index (κ1) is 12.6. The number of furan rings is 1. The SMILES string of the molecule is COc1ccc2cc3c(ccc4oc([N+](=O)[O-])cc43)cc2c1. The van der Waals surface area contributed by atoms with Crippen LogP contribution in [0.25, 0.3) is 32.5 Å². The molecule has 5 heteroatoms. The molecule has 1 heterocycles. The van der Waals surface area contributed by atoms with Crippen LogP contribution < -0.4 is 4.74 Å². The smallest absolute Gasteiger partial charge is 0.434 e. The van der Waals surface area contributed by atoms with E-state index in [1.54, 1.807) is 13.2 Å². The molecule has 0 unspecified atom stereocenters. The molecule has 0 spiro atoms. The fourth-order valence-electron chi connectivity index (χ4n) is 2.77. The monoisotopic (exact) mass is 293 g/mol. The molecule has 0 saturated carbocycles. The lowest BCUT2D eigenvalue weighted by Crippen LogP contribution is -1.83. The van der Waals surface area contributed by atoms with Crippen molar-refractivity contribution in [3.63, 3.8) is 0 Å². The summed E-state index contributed by atoms with van der Waals surface area (Å²) >= 11 is 0. The second kappa shape index (κ2) is 4.46. The standard InChI is InChI=1S/C17H11NO4/c1-21-13-4-2-10-8-14-11(6-12(10)7-13)3-5-16-15(14)9-17(22-16)18(19)20/h2-9H,1H3. The van der Waals surface area contributed by atoms with Crippen LogP contribution in [0.1, 0.15) is 0 Å². The summed E-state index contributed by atoms with van der Waals surface area (Å²) < 4.78 is 10.5. The molecule has 0 saturated heterocycles. The fourth-order valence-corrected chi connectivity index (χ4v) is 2.77. The third kappa shape index (κ3) is 1.79.